The summed E-state index contributed by atoms with van der Waals surface area (Å²) in [5.41, 5.74) is 0. The maximum atomic E-state index is 3.46. The summed E-state index contributed by atoms with van der Waals surface area (Å²) < 4.78 is 1.16. The Hall–Kier alpha value is -0.340. The van der Waals surface area contributed by atoms with Crippen molar-refractivity contribution in [3.63, 3.8) is 0 Å². The molecule has 0 aliphatic rings. The molecular weight excluding hydrogens is 208 g/mol. The lowest BCUT2D eigenvalue weighted by atomic mass is 10.2. The summed E-state index contributed by atoms with van der Waals surface area (Å²) in [6.45, 7) is 0. The Morgan fingerprint density at radius 1 is 1.40 bits per heavy atom. The maximum Gasteiger partial charge on any atom is 0.0527 e. The van der Waals surface area contributed by atoms with Crippen LogP contribution in [0.1, 0.15) is 0 Å². The third kappa shape index (κ3) is 0.879. The van der Waals surface area contributed by atoms with E-state index in [4.69, 9.17) is 0 Å². The smallest absolute Gasteiger partial charge is 0.0527 e. The largest absolute Gasteiger partial charge is 0.142 e. The van der Waals surface area contributed by atoms with Crippen molar-refractivity contribution in [1.29, 1.82) is 0 Å². The van der Waals surface area contributed by atoms with Crippen LogP contribution in [-0.4, -0.2) is 0 Å². The first-order valence-electron chi connectivity index (χ1n) is 2.91. The maximum absolute atomic E-state index is 3.46. The van der Waals surface area contributed by atoms with Gasteiger partial charge in [0.2, 0.25) is 0 Å². The molecule has 0 N–H and O–H groups in total. The van der Waals surface area contributed by atoms with Gasteiger partial charge in [-0.05, 0) is 6.07 Å². The first-order valence-corrected chi connectivity index (χ1v) is 4.58. The van der Waals surface area contributed by atoms with E-state index < -0.39 is 0 Å². The Morgan fingerprint density at radius 3 is 3.10 bits per heavy atom. The molecule has 1 heterocycles. The Bertz CT molecular complexity index is 351. The molecule has 0 atom stereocenters. The third-order valence-corrected chi connectivity index (χ3v) is 2.78. The number of hydrogen-bond donors (Lipinski definition) is 0. The topological polar surface area (TPSA) is 0 Å². The van der Waals surface area contributed by atoms with Crippen LogP contribution in [0.2, 0.25) is 0 Å². The van der Waals surface area contributed by atoms with Crippen molar-refractivity contribution in [3.05, 3.63) is 33.4 Å². The summed E-state index contributed by atoms with van der Waals surface area (Å²) in [6.07, 6.45) is 0. The number of halogens is 1. The van der Waals surface area contributed by atoms with Crippen LogP contribution in [0.5, 0.6) is 0 Å². The van der Waals surface area contributed by atoms with Crippen molar-refractivity contribution in [2.75, 3.05) is 0 Å². The standard InChI is InChI=1S/C8H4BrS/c9-8-3-1-2-6-4-10-5-7(6)8/h1-3,5H. The van der Waals surface area contributed by atoms with E-state index in [0.29, 0.717) is 0 Å². The molecule has 10 heavy (non-hydrogen) atoms. The zero-order valence-corrected chi connectivity index (χ0v) is 7.50. The molecule has 0 nitrogen and oxygen atoms in total. The first kappa shape index (κ1) is 6.38. The molecule has 1 aromatic heterocycles. The van der Waals surface area contributed by atoms with E-state index in [2.05, 4.69) is 32.8 Å². The molecule has 0 aliphatic carbocycles. The predicted octanol–water partition coefficient (Wildman–Crippen LogP) is 3.46. The van der Waals surface area contributed by atoms with Crippen LogP contribution < -0.4 is 0 Å². The second-order valence-electron chi connectivity index (χ2n) is 2.04. The van der Waals surface area contributed by atoms with Gasteiger partial charge in [0.15, 0.2) is 0 Å². The highest BCUT2D eigenvalue weighted by atomic mass is 79.9. The van der Waals surface area contributed by atoms with Gasteiger partial charge in [-0.3, -0.25) is 0 Å². The van der Waals surface area contributed by atoms with Gasteiger partial charge in [0, 0.05) is 20.6 Å². The number of hydrogen-bond acceptors (Lipinski definition) is 1. The van der Waals surface area contributed by atoms with E-state index in [1.165, 1.54) is 10.8 Å². The molecule has 1 aromatic carbocycles. The molecule has 0 amide bonds. The fourth-order valence-corrected chi connectivity index (χ4v) is 2.27. The minimum absolute atomic E-state index is 1.16. The number of thiophene rings is 1. The van der Waals surface area contributed by atoms with Crippen molar-refractivity contribution >= 4 is 38.0 Å². The quantitative estimate of drug-likeness (QED) is 0.627. The van der Waals surface area contributed by atoms with Gasteiger partial charge in [0.1, 0.15) is 0 Å². The SMILES string of the molecule is Brc1cccc2[c]scc12. The summed E-state index contributed by atoms with van der Waals surface area (Å²) in [6, 6.07) is 6.13. The molecule has 0 aliphatic heterocycles. The highest BCUT2D eigenvalue weighted by Crippen LogP contribution is 2.25. The summed E-state index contributed by atoms with van der Waals surface area (Å²) in [7, 11) is 0. The average Bonchev–Trinajstić information content (AvgIpc) is 2.36. The minimum atomic E-state index is 1.16. The van der Waals surface area contributed by atoms with Gasteiger partial charge in [-0.2, -0.15) is 0 Å². The van der Waals surface area contributed by atoms with E-state index in [9.17, 15) is 0 Å². The number of rotatable bonds is 0. The molecule has 2 heteroatoms. The first-order chi connectivity index (χ1) is 4.88. The van der Waals surface area contributed by atoms with E-state index >= 15 is 0 Å². The van der Waals surface area contributed by atoms with Crippen molar-refractivity contribution < 1.29 is 0 Å². The van der Waals surface area contributed by atoms with Crippen molar-refractivity contribution in [1.82, 2.24) is 0 Å². The lowest BCUT2D eigenvalue weighted by molar-refractivity contribution is 1.78. The van der Waals surface area contributed by atoms with Gasteiger partial charge >= 0.3 is 0 Å². The minimum Gasteiger partial charge on any atom is -0.142 e. The Balaban J connectivity index is 2.95. The van der Waals surface area contributed by atoms with E-state index in [1.54, 1.807) is 11.3 Å². The van der Waals surface area contributed by atoms with Crippen LogP contribution in [0.3, 0.4) is 0 Å². The fraction of sp³-hybridized carbons (Fsp3) is 0. The van der Waals surface area contributed by atoms with E-state index in [-0.39, 0.29) is 0 Å². The molecule has 0 bridgehead atoms. The highest BCUT2D eigenvalue weighted by Gasteiger charge is 1.96. The second kappa shape index (κ2) is 2.36. The van der Waals surface area contributed by atoms with Crippen LogP contribution >= 0.6 is 27.3 Å². The van der Waals surface area contributed by atoms with Gasteiger partial charge < -0.3 is 0 Å². The zero-order valence-electron chi connectivity index (χ0n) is 5.10. The molecule has 1 radical (unpaired) electrons. The summed E-state index contributed by atoms with van der Waals surface area (Å²) in [5.74, 6) is 0. The summed E-state index contributed by atoms with van der Waals surface area (Å²) in [4.78, 5) is 0. The molecule has 0 spiro atoms. The molecule has 0 saturated heterocycles. The van der Waals surface area contributed by atoms with E-state index in [0.717, 1.165) is 4.47 Å². The van der Waals surface area contributed by atoms with Crippen molar-refractivity contribution in [2.45, 2.75) is 0 Å². The van der Waals surface area contributed by atoms with Gasteiger partial charge in [-0.25, -0.2) is 0 Å². The van der Waals surface area contributed by atoms with Crippen LogP contribution in [-0.2, 0) is 0 Å². The van der Waals surface area contributed by atoms with Crippen LogP contribution in [0.15, 0.2) is 28.1 Å². The molecule has 0 saturated carbocycles. The lowest BCUT2D eigenvalue weighted by Crippen LogP contribution is -1.64. The number of fused-ring (bicyclic) bond motifs is 1. The van der Waals surface area contributed by atoms with E-state index in [1.807, 2.05) is 12.1 Å². The average molecular weight is 212 g/mol. The summed E-state index contributed by atoms with van der Waals surface area (Å²) in [5, 5.41) is 7.72. The molecule has 0 fully saturated rings. The van der Waals surface area contributed by atoms with Crippen molar-refractivity contribution in [3.8, 4) is 0 Å². The molecular formula is C8H4BrS. The number of benzene rings is 1. The molecule has 0 unspecified atom stereocenters. The third-order valence-electron chi connectivity index (χ3n) is 1.40. The molecule has 49 valence electrons. The van der Waals surface area contributed by atoms with Crippen LogP contribution in [0.25, 0.3) is 10.8 Å². The fourth-order valence-electron chi connectivity index (χ4n) is 0.898. The Labute approximate surface area is 71.6 Å². The van der Waals surface area contributed by atoms with Gasteiger partial charge in [0.05, 0.1) is 5.38 Å². The van der Waals surface area contributed by atoms with Gasteiger partial charge in [-0.15, -0.1) is 11.3 Å². The van der Waals surface area contributed by atoms with Crippen LogP contribution in [0, 0.1) is 5.38 Å². The second-order valence-corrected chi connectivity index (χ2v) is 3.57. The summed E-state index contributed by atoms with van der Waals surface area (Å²) >= 11 is 5.07. The Morgan fingerprint density at radius 2 is 2.30 bits per heavy atom. The Kier molecular flexibility index (Phi) is 1.51. The zero-order chi connectivity index (χ0) is 6.97. The van der Waals surface area contributed by atoms with Gasteiger partial charge in [-0.1, -0.05) is 28.1 Å². The lowest BCUT2D eigenvalue weighted by Gasteiger charge is -1.89. The highest BCUT2D eigenvalue weighted by molar-refractivity contribution is 9.10. The van der Waals surface area contributed by atoms with Crippen molar-refractivity contribution in [2.24, 2.45) is 0 Å². The van der Waals surface area contributed by atoms with Crippen LogP contribution in [0.4, 0.5) is 0 Å². The van der Waals surface area contributed by atoms with Gasteiger partial charge in [0.25, 0.3) is 0 Å². The normalized spacial score (nSPS) is 10.5. The predicted molar refractivity (Wildman–Crippen MR) is 48.4 cm³/mol. The molecule has 2 aromatic rings. The molecule has 2 rings (SSSR count). The monoisotopic (exact) mass is 211 g/mol.